The molecule has 0 aliphatic rings. The average Bonchev–Trinajstić information content (AvgIpc) is 2.33. The Morgan fingerprint density at radius 1 is 1.19 bits per heavy atom. The summed E-state index contributed by atoms with van der Waals surface area (Å²) in [6.45, 7) is 6.79. The molecule has 0 fully saturated rings. The van der Waals surface area contributed by atoms with Crippen LogP contribution in [-0.4, -0.2) is 37.2 Å². The third-order valence-corrected chi connectivity index (χ3v) is 5.18. The quantitative estimate of drug-likeness (QED) is 0.727. The van der Waals surface area contributed by atoms with Crippen LogP contribution in [-0.2, 0) is 14.8 Å². The van der Waals surface area contributed by atoms with Crippen molar-refractivity contribution in [3.05, 3.63) is 28.3 Å². The van der Waals surface area contributed by atoms with E-state index in [-0.39, 0.29) is 11.4 Å². The molecule has 0 radical (unpaired) electrons. The molecule has 0 saturated heterocycles. The number of carboxylic acid groups (broad SMARTS) is 1. The van der Waals surface area contributed by atoms with Crippen molar-refractivity contribution < 1.29 is 23.4 Å². The van der Waals surface area contributed by atoms with Crippen molar-refractivity contribution in [3.8, 4) is 0 Å². The van der Waals surface area contributed by atoms with Crippen molar-refractivity contribution in [2.45, 2.75) is 45.1 Å². The lowest BCUT2D eigenvalue weighted by molar-refractivity contribution is -0.139. The van der Waals surface area contributed by atoms with Gasteiger partial charge in [0.1, 0.15) is 0 Å². The predicted octanol–water partition coefficient (Wildman–Crippen LogP) is 1.03. The SMILES string of the molecule is Cc1cc(C)c(C)c(S(=O)(=O)NC[C@H](O)CC(=O)O)c1C. The number of aliphatic hydroxyl groups is 1. The molecule has 0 saturated carbocycles. The van der Waals surface area contributed by atoms with Crippen molar-refractivity contribution in [2.24, 2.45) is 0 Å². The van der Waals surface area contributed by atoms with Gasteiger partial charge in [0, 0.05) is 6.54 Å². The lowest BCUT2D eigenvalue weighted by Crippen LogP contribution is -2.34. The van der Waals surface area contributed by atoms with Gasteiger partial charge in [-0.25, -0.2) is 13.1 Å². The van der Waals surface area contributed by atoms with Crippen LogP contribution in [0.25, 0.3) is 0 Å². The molecule has 0 spiro atoms. The minimum Gasteiger partial charge on any atom is -0.481 e. The van der Waals surface area contributed by atoms with Gasteiger partial charge in [-0.05, 0) is 49.9 Å². The molecule has 0 unspecified atom stereocenters. The number of aliphatic hydroxyl groups excluding tert-OH is 1. The number of nitrogens with one attached hydrogen (secondary N) is 1. The molecule has 1 rings (SSSR count). The number of carbonyl (C=O) groups is 1. The minimum atomic E-state index is -3.80. The molecule has 118 valence electrons. The molecule has 1 atom stereocenters. The summed E-state index contributed by atoms with van der Waals surface area (Å²) < 4.78 is 27.1. The van der Waals surface area contributed by atoms with E-state index < -0.39 is 28.5 Å². The number of aliphatic carboxylic acids is 1. The summed E-state index contributed by atoms with van der Waals surface area (Å²) in [7, 11) is -3.80. The fraction of sp³-hybridized carbons (Fsp3) is 0.500. The number of rotatable bonds is 6. The lowest BCUT2D eigenvalue weighted by atomic mass is 10.0. The van der Waals surface area contributed by atoms with E-state index in [9.17, 15) is 18.3 Å². The molecular weight excluding hydrogens is 294 g/mol. The first-order chi connectivity index (χ1) is 9.56. The van der Waals surface area contributed by atoms with Gasteiger partial charge in [0.25, 0.3) is 0 Å². The zero-order valence-electron chi connectivity index (χ0n) is 12.6. The number of aryl methyl sites for hydroxylation is 2. The lowest BCUT2D eigenvalue weighted by Gasteiger charge is -2.17. The Morgan fingerprint density at radius 2 is 1.67 bits per heavy atom. The Hall–Kier alpha value is -1.44. The van der Waals surface area contributed by atoms with Crippen LogP contribution in [0.15, 0.2) is 11.0 Å². The van der Waals surface area contributed by atoms with E-state index in [0.29, 0.717) is 11.1 Å². The van der Waals surface area contributed by atoms with E-state index in [4.69, 9.17) is 5.11 Å². The first kappa shape index (κ1) is 17.6. The van der Waals surface area contributed by atoms with Crippen LogP contribution in [0.2, 0.25) is 0 Å². The molecule has 7 heteroatoms. The number of benzene rings is 1. The highest BCUT2D eigenvalue weighted by atomic mass is 32.2. The Balaban J connectivity index is 3.07. The molecule has 0 aliphatic heterocycles. The number of hydrogen-bond donors (Lipinski definition) is 3. The average molecular weight is 315 g/mol. The van der Waals surface area contributed by atoms with Crippen molar-refractivity contribution in [1.82, 2.24) is 4.72 Å². The largest absolute Gasteiger partial charge is 0.481 e. The zero-order valence-corrected chi connectivity index (χ0v) is 13.4. The summed E-state index contributed by atoms with van der Waals surface area (Å²) in [5.74, 6) is -1.18. The molecule has 0 heterocycles. The first-order valence-corrected chi connectivity index (χ1v) is 8.01. The second-order valence-corrected chi connectivity index (χ2v) is 6.90. The topological polar surface area (TPSA) is 104 Å². The van der Waals surface area contributed by atoms with Crippen molar-refractivity contribution in [3.63, 3.8) is 0 Å². The first-order valence-electron chi connectivity index (χ1n) is 6.53. The molecule has 6 nitrogen and oxygen atoms in total. The summed E-state index contributed by atoms with van der Waals surface area (Å²) in [4.78, 5) is 10.7. The minimum absolute atomic E-state index is 0.197. The van der Waals surface area contributed by atoms with Gasteiger partial charge in [0.05, 0.1) is 17.4 Å². The maximum atomic E-state index is 12.4. The zero-order chi connectivity index (χ0) is 16.4. The predicted molar refractivity (Wildman–Crippen MR) is 78.8 cm³/mol. The molecule has 0 aliphatic carbocycles. The van der Waals surface area contributed by atoms with Gasteiger partial charge < -0.3 is 10.2 Å². The van der Waals surface area contributed by atoms with Crippen LogP contribution in [0.1, 0.15) is 28.7 Å². The molecule has 0 bridgehead atoms. The highest BCUT2D eigenvalue weighted by Gasteiger charge is 2.23. The van der Waals surface area contributed by atoms with Gasteiger partial charge in [-0.15, -0.1) is 0 Å². The van der Waals surface area contributed by atoms with Crippen LogP contribution < -0.4 is 4.72 Å². The second kappa shape index (κ2) is 6.55. The summed E-state index contributed by atoms with van der Waals surface area (Å²) in [5.41, 5.74) is 3.03. The Labute approximate surface area is 124 Å². The summed E-state index contributed by atoms with van der Waals surface area (Å²) in [6, 6.07) is 1.92. The van der Waals surface area contributed by atoms with Crippen LogP contribution in [0.3, 0.4) is 0 Å². The van der Waals surface area contributed by atoms with Crippen LogP contribution in [0, 0.1) is 27.7 Å². The smallest absolute Gasteiger partial charge is 0.306 e. The second-order valence-electron chi connectivity index (χ2n) is 5.19. The van der Waals surface area contributed by atoms with Crippen LogP contribution in [0.5, 0.6) is 0 Å². The van der Waals surface area contributed by atoms with Crippen LogP contribution in [0.4, 0.5) is 0 Å². The maximum absolute atomic E-state index is 12.4. The molecule has 1 aromatic carbocycles. The molecule has 21 heavy (non-hydrogen) atoms. The van der Waals surface area contributed by atoms with Gasteiger partial charge in [0.15, 0.2) is 0 Å². The summed E-state index contributed by atoms with van der Waals surface area (Å²) in [5, 5.41) is 18.0. The van der Waals surface area contributed by atoms with Crippen LogP contribution >= 0.6 is 0 Å². The molecule has 1 aromatic rings. The van der Waals surface area contributed by atoms with Gasteiger partial charge in [0.2, 0.25) is 10.0 Å². The number of carboxylic acids is 1. The third kappa shape index (κ3) is 4.26. The van der Waals surface area contributed by atoms with E-state index in [1.54, 1.807) is 13.8 Å². The normalized spacial score (nSPS) is 13.2. The van der Waals surface area contributed by atoms with Gasteiger partial charge >= 0.3 is 5.97 Å². The fourth-order valence-corrected chi connectivity index (χ4v) is 3.82. The third-order valence-electron chi connectivity index (χ3n) is 3.49. The van der Waals surface area contributed by atoms with Crippen molar-refractivity contribution in [2.75, 3.05) is 6.54 Å². The Kier molecular flexibility index (Phi) is 5.49. The number of sulfonamides is 1. The van der Waals surface area contributed by atoms with Gasteiger partial charge in [-0.1, -0.05) is 6.07 Å². The molecule has 0 amide bonds. The van der Waals surface area contributed by atoms with Gasteiger partial charge in [-0.3, -0.25) is 4.79 Å². The summed E-state index contributed by atoms with van der Waals surface area (Å²) in [6.07, 6.45) is -1.77. The molecule has 3 N–H and O–H groups in total. The van der Waals surface area contributed by atoms with E-state index >= 15 is 0 Å². The van der Waals surface area contributed by atoms with E-state index in [1.807, 2.05) is 19.9 Å². The van der Waals surface area contributed by atoms with E-state index in [1.165, 1.54) is 0 Å². The molecular formula is C14H21NO5S. The van der Waals surface area contributed by atoms with Crippen molar-refractivity contribution >= 4 is 16.0 Å². The fourth-order valence-electron chi connectivity index (χ4n) is 2.14. The standard InChI is InChI=1S/C14H21NO5S/c1-8-5-9(2)11(4)14(10(8)3)21(19,20)15-7-12(16)6-13(17)18/h5,12,15-16H,6-7H2,1-4H3,(H,17,18)/t12-/m1/s1. The van der Waals surface area contributed by atoms with E-state index in [2.05, 4.69) is 4.72 Å². The Bertz CT molecular complexity index is 626. The van der Waals surface area contributed by atoms with Gasteiger partial charge in [-0.2, -0.15) is 0 Å². The van der Waals surface area contributed by atoms with Crippen molar-refractivity contribution in [1.29, 1.82) is 0 Å². The molecule has 0 aromatic heterocycles. The highest BCUT2D eigenvalue weighted by Crippen LogP contribution is 2.25. The Morgan fingerprint density at radius 3 is 2.10 bits per heavy atom. The maximum Gasteiger partial charge on any atom is 0.306 e. The monoisotopic (exact) mass is 315 g/mol. The highest BCUT2D eigenvalue weighted by molar-refractivity contribution is 7.89. The summed E-state index contributed by atoms with van der Waals surface area (Å²) >= 11 is 0. The van der Waals surface area contributed by atoms with E-state index in [0.717, 1.165) is 11.1 Å². The number of hydrogen-bond acceptors (Lipinski definition) is 4.